The average Bonchev–Trinajstić information content (AvgIpc) is 2.67. The van der Waals surface area contributed by atoms with Crippen LogP contribution in [-0.2, 0) is 4.79 Å². The maximum atomic E-state index is 12.5. The summed E-state index contributed by atoms with van der Waals surface area (Å²) in [7, 11) is 3.11. The Hall–Kier alpha value is -2.54. The molecule has 0 bridgehead atoms. The molecular weight excluding hydrogens is 334 g/mol. The number of ether oxygens (including phenoxy) is 2. The van der Waals surface area contributed by atoms with Crippen molar-refractivity contribution >= 4 is 11.8 Å². The molecule has 0 spiro atoms. The van der Waals surface area contributed by atoms with Crippen molar-refractivity contribution in [2.75, 3.05) is 40.4 Å². The minimum absolute atomic E-state index is 0.00383. The van der Waals surface area contributed by atoms with Crippen molar-refractivity contribution in [3.05, 3.63) is 36.4 Å². The van der Waals surface area contributed by atoms with Gasteiger partial charge in [-0.3, -0.25) is 14.5 Å². The molecule has 1 fully saturated rings. The molecule has 1 aromatic rings. The van der Waals surface area contributed by atoms with Crippen molar-refractivity contribution in [3.63, 3.8) is 0 Å². The Balaban J connectivity index is 1.84. The van der Waals surface area contributed by atoms with Gasteiger partial charge < -0.3 is 20.1 Å². The monoisotopic (exact) mass is 361 g/mol. The molecule has 0 saturated carbocycles. The van der Waals surface area contributed by atoms with Crippen LogP contribution >= 0.6 is 0 Å². The molecule has 142 valence electrons. The van der Waals surface area contributed by atoms with Crippen molar-refractivity contribution in [3.8, 4) is 11.5 Å². The summed E-state index contributed by atoms with van der Waals surface area (Å²) in [6.07, 6.45) is 3.27. The summed E-state index contributed by atoms with van der Waals surface area (Å²) >= 11 is 0. The molecule has 0 unspecified atom stereocenters. The number of piperidine rings is 1. The highest BCUT2D eigenvalue weighted by molar-refractivity contribution is 5.95. The smallest absolute Gasteiger partial charge is 0.251 e. The van der Waals surface area contributed by atoms with Crippen LogP contribution in [0.5, 0.6) is 11.5 Å². The quantitative estimate of drug-likeness (QED) is 0.680. The number of nitrogens with one attached hydrogen (secondary N) is 2. The minimum Gasteiger partial charge on any atom is -0.497 e. The van der Waals surface area contributed by atoms with Crippen molar-refractivity contribution in [1.29, 1.82) is 0 Å². The number of carbonyl (C=O) groups excluding carboxylic acids is 2. The third-order valence-electron chi connectivity index (χ3n) is 4.35. The molecule has 0 aliphatic carbocycles. The number of likely N-dealkylation sites (tertiary alicyclic amines) is 1. The average molecular weight is 361 g/mol. The van der Waals surface area contributed by atoms with Gasteiger partial charge >= 0.3 is 0 Å². The summed E-state index contributed by atoms with van der Waals surface area (Å²) in [5.41, 5.74) is 0.507. The van der Waals surface area contributed by atoms with E-state index in [0.29, 0.717) is 30.2 Å². The van der Waals surface area contributed by atoms with Crippen LogP contribution in [0.1, 0.15) is 23.2 Å². The summed E-state index contributed by atoms with van der Waals surface area (Å²) in [5.74, 6) is 1.00. The summed E-state index contributed by atoms with van der Waals surface area (Å²) in [6, 6.07) is 5.20. The van der Waals surface area contributed by atoms with Crippen LogP contribution in [0.15, 0.2) is 30.9 Å². The lowest BCUT2D eigenvalue weighted by atomic mass is 10.0. The van der Waals surface area contributed by atoms with Gasteiger partial charge in [-0.05, 0) is 25.0 Å². The Morgan fingerprint density at radius 1 is 1.19 bits per heavy atom. The van der Waals surface area contributed by atoms with E-state index < -0.39 is 0 Å². The molecule has 1 aliphatic heterocycles. The van der Waals surface area contributed by atoms with Gasteiger partial charge in [-0.1, -0.05) is 6.08 Å². The van der Waals surface area contributed by atoms with Crippen molar-refractivity contribution < 1.29 is 19.1 Å². The second kappa shape index (κ2) is 9.82. The van der Waals surface area contributed by atoms with Crippen LogP contribution in [-0.4, -0.2) is 63.2 Å². The van der Waals surface area contributed by atoms with Gasteiger partial charge in [0.1, 0.15) is 11.5 Å². The summed E-state index contributed by atoms with van der Waals surface area (Å²) in [6.45, 7) is 5.98. The molecule has 1 heterocycles. The molecule has 1 aromatic carbocycles. The summed E-state index contributed by atoms with van der Waals surface area (Å²) in [5, 5.41) is 5.83. The Morgan fingerprint density at radius 3 is 2.35 bits per heavy atom. The Morgan fingerprint density at radius 2 is 1.81 bits per heavy atom. The number of amides is 2. The van der Waals surface area contributed by atoms with Gasteiger partial charge in [0.25, 0.3) is 5.91 Å². The Bertz CT molecular complexity index is 617. The lowest BCUT2D eigenvalue weighted by Crippen LogP contribution is -2.47. The molecular formula is C19H27N3O4. The number of methoxy groups -OCH3 is 2. The fraction of sp³-hybridized carbons (Fsp3) is 0.474. The van der Waals surface area contributed by atoms with Crippen LogP contribution in [0.2, 0.25) is 0 Å². The predicted octanol–water partition coefficient (Wildman–Crippen LogP) is 1.20. The van der Waals surface area contributed by atoms with E-state index in [-0.39, 0.29) is 17.9 Å². The topological polar surface area (TPSA) is 79.9 Å². The molecule has 7 heteroatoms. The fourth-order valence-corrected chi connectivity index (χ4v) is 2.89. The highest BCUT2D eigenvalue weighted by Crippen LogP contribution is 2.22. The van der Waals surface area contributed by atoms with Crippen molar-refractivity contribution in [1.82, 2.24) is 15.5 Å². The van der Waals surface area contributed by atoms with E-state index in [9.17, 15) is 9.59 Å². The van der Waals surface area contributed by atoms with Gasteiger partial charge in [-0.25, -0.2) is 0 Å². The standard InChI is InChI=1S/C19H27N3O4/c1-4-7-20-18(23)13-22-8-5-15(6-9-22)21-19(24)14-10-16(25-2)12-17(11-14)26-3/h4,10-12,15H,1,5-9,13H2,2-3H3,(H,20,23)(H,21,24). The fourth-order valence-electron chi connectivity index (χ4n) is 2.89. The molecule has 7 nitrogen and oxygen atoms in total. The lowest BCUT2D eigenvalue weighted by Gasteiger charge is -2.31. The maximum absolute atomic E-state index is 12.5. The van der Waals surface area contributed by atoms with Crippen LogP contribution in [0.25, 0.3) is 0 Å². The zero-order chi connectivity index (χ0) is 18.9. The van der Waals surface area contributed by atoms with Crippen molar-refractivity contribution in [2.45, 2.75) is 18.9 Å². The van der Waals surface area contributed by atoms with Gasteiger partial charge in [-0.15, -0.1) is 6.58 Å². The third-order valence-corrected chi connectivity index (χ3v) is 4.35. The first-order chi connectivity index (χ1) is 12.5. The van der Waals surface area contributed by atoms with E-state index in [4.69, 9.17) is 9.47 Å². The van der Waals surface area contributed by atoms with E-state index in [2.05, 4.69) is 22.1 Å². The van der Waals surface area contributed by atoms with E-state index in [1.54, 1.807) is 38.5 Å². The lowest BCUT2D eigenvalue weighted by molar-refractivity contribution is -0.122. The number of nitrogens with zero attached hydrogens (tertiary/aromatic N) is 1. The minimum atomic E-state index is -0.149. The molecule has 0 aromatic heterocycles. The SMILES string of the molecule is C=CCNC(=O)CN1CCC(NC(=O)c2cc(OC)cc(OC)c2)CC1. The highest BCUT2D eigenvalue weighted by Gasteiger charge is 2.22. The van der Waals surface area contributed by atoms with E-state index >= 15 is 0 Å². The van der Waals surface area contributed by atoms with Gasteiger partial charge in [0, 0.05) is 37.3 Å². The zero-order valence-electron chi connectivity index (χ0n) is 15.4. The summed E-state index contributed by atoms with van der Waals surface area (Å²) < 4.78 is 10.4. The van der Waals surface area contributed by atoms with E-state index in [0.717, 1.165) is 25.9 Å². The molecule has 2 N–H and O–H groups in total. The Labute approximate surface area is 154 Å². The first-order valence-electron chi connectivity index (χ1n) is 8.69. The summed E-state index contributed by atoms with van der Waals surface area (Å²) in [4.78, 5) is 26.4. The van der Waals surface area contributed by atoms with Crippen molar-refractivity contribution in [2.24, 2.45) is 0 Å². The Kier molecular flexibility index (Phi) is 7.47. The molecule has 0 radical (unpaired) electrons. The highest BCUT2D eigenvalue weighted by atomic mass is 16.5. The van der Waals surface area contributed by atoms with Crippen LogP contribution < -0.4 is 20.1 Å². The van der Waals surface area contributed by atoms with Gasteiger partial charge in [-0.2, -0.15) is 0 Å². The van der Waals surface area contributed by atoms with E-state index in [1.807, 2.05) is 0 Å². The van der Waals surface area contributed by atoms with Crippen LogP contribution in [0.3, 0.4) is 0 Å². The normalized spacial score (nSPS) is 15.2. The maximum Gasteiger partial charge on any atom is 0.251 e. The van der Waals surface area contributed by atoms with Crippen LogP contribution in [0, 0.1) is 0 Å². The molecule has 26 heavy (non-hydrogen) atoms. The second-order valence-electron chi connectivity index (χ2n) is 6.22. The first-order valence-corrected chi connectivity index (χ1v) is 8.69. The first kappa shape index (κ1) is 19.8. The number of hydrogen-bond donors (Lipinski definition) is 2. The number of carbonyl (C=O) groups is 2. The predicted molar refractivity (Wildman–Crippen MR) is 99.7 cm³/mol. The number of rotatable bonds is 8. The second-order valence-corrected chi connectivity index (χ2v) is 6.22. The molecule has 2 amide bonds. The molecule has 2 rings (SSSR count). The molecule has 1 saturated heterocycles. The molecule has 1 aliphatic rings. The zero-order valence-corrected chi connectivity index (χ0v) is 15.4. The largest absolute Gasteiger partial charge is 0.497 e. The van der Waals surface area contributed by atoms with Gasteiger partial charge in [0.15, 0.2) is 0 Å². The van der Waals surface area contributed by atoms with Gasteiger partial charge in [0.2, 0.25) is 5.91 Å². The number of hydrogen-bond acceptors (Lipinski definition) is 5. The van der Waals surface area contributed by atoms with E-state index in [1.165, 1.54) is 0 Å². The van der Waals surface area contributed by atoms with Gasteiger partial charge in [0.05, 0.1) is 20.8 Å². The number of benzene rings is 1. The molecule has 0 atom stereocenters. The third kappa shape index (κ3) is 5.77. The van der Waals surface area contributed by atoms with Crippen LogP contribution in [0.4, 0.5) is 0 Å².